The van der Waals surface area contributed by atoms with Crippen LogP contribution in [0.4, 0.5) is 5.69 Å². The Morgan fingerprint density at radius 2 is 2.04 bits per heavy atom. The summed E-state index contributed by atoms with van der Waals surface area (Å²) in [4.78, 5) is 35.4. The summed E-state index contributed by atoms with van der Waals surface area (Å²) in [5, 5.41) is 8.80. The standard InChI is InChI=1S/C17H24N4O3/c1-11-10-12(6-8-19-11)16(23)21-14-5-3-2-4-13(14)17(24)20-9-7-15(18)22/h2-5,11-12,19H,6-10H2,1H3,(H2,18,22)(H,20,24)(H,21,23)/t11-,12-/m0/s1. The van der Waals surface area contributed by atoms with E-state index >= 15 is 0 Å². The molecule has 1 aromatic carbocycles. The smallest absolute Gasteiger partial charge is 0.253 e. The van der Waals surface area contributed by atoms with Gasteiger partial charge in [-0.2, -0.15) is 0 Å². The summed E-state index contributed by atoms with van der Waals surface area (Å²) >= 11 is 0. The molecule has 5 N–H and O–H groups in total. The predicted octanol–water partition coefficient (Wildman–Crippen LogP) is 0.618. The molecule has 1 saturated heterocycles. The topological polar surface area (TPSA) is 113 Å². The number of hydrogen-bond acceptors (Lipinski definition) is 4. The molecule has 130 valence electrons. The van der Waals surface area contributed by atoms with Gasteiger partial charge < -0.3 is 21.7 Å². The zero-order valence-corrected chi connectivity index (χ0v) is 13.8. The van der Waals surface area contributed by atoms with Crippen molar-refractivity contribution in [3.05, 3.63) is 29.8 Å². The molecule has 0 spiro atoms. The molecule has 24 heavy (non-hydrogen) atoms. The van der Waals surface area contributed by atoms with Gasteiger partial charge in [0.05, 0.1) is 11.3 Å². The van der Waals surface area contributed by atoms with Crippen LogP contribution in [0.1, 0.15) is 36.5 Å². The van der Waals surface area contributed by atoms with Gasteiger partial charge in [0, 0.05) is 24.9 Å². The molecule has 1 aliphatic heterocycles. The number of nitrogens with two attached hydrogens (primary N) is 1. The average molecular weight is 332 g/mol. The summed E-state index contributed by atoms with van der Waals surface area (Å²) in [6, 6.07) is 7.14. The molecule has 0 radical (unpaired) electrons. The van der Waals surface area contributed by atoms with E-state index in [-0.39, 0.29) is 30.7 Å². The first kappa shape index (κ1) is 17.9. The number of carbonyl (C=O) groups is 3. The van der Waals surface area contributed by atoms with E-state index in [1.807, 2.05) is 0 Å². The first-order valence-electron chi connectivity index (χ1n) is 8.17. The van der Waals surface area contributed by atoms with Crippen LogP contribution >= 0.6 is 0 Å². The Kier molecular flexibility index (Phi) is 6.31. The van der Waals surface area contributed by atoms with Crippen molar-refractivity contribution in [3.8, 4) is 0 Å². The van der Waals surface area contributed by atoms with Gasteiger partial charge in [-0.25, -0.2) is 0 Å². The summed E-state index contributed by atoms with van der Waals surface area (Å²) in [5.41, 5.74) is 5.90. The zero-order chi connectivity index (χ0) is 17.5. The summed E-state index contributed by atoms with van der Waals surface area (Å²) in [6.45, 7) is 3.04. The molecule has 1 aliphatic rings. The quantitative estimate of drug-likeness (QED) is 0.611. The van der Waals surface area contributed by atoms with Gasteiger partial charge in [-0.15, -0.1) is 0 Å². The molecule has 0 unspecified atom stereocenters. The van der Waals surface area contributed by atoms with Gasteiger partial charge in [-0.05, 0) is 38.4 Å². The Bertz CT molecular complexity index is 618. The molecule has 1 fully saturated rings. The Labute approximate surface area is 141 Å². The van der Waals surface area contributed by atoms with Gasteiger partial charge in [-0.3, -0.25) is 14.4 Å². The summed E-state index contributed by atoms with van der Waals surface area (Å²) < 4.78 is 0. The molecule has 0 bridgehead atoms. The van der Waals surface area contributed by atoms with Gasteiger partial charge in [0.25, 0.3) is 5.91 Å². The fraction of sp³-hybridized carbons (Fsp3) is 0.471. The molecule has 7 nitrogen and oxygen atoms in total. The van der Waals surface area contributed by atoms with Crippen LogP contribution in [0.2, 0.25) is 0 Å². The molecule has 1 heterocycles. The number of nitrogens with one attached hydrogen (secondary N) is 3. The van der Waals surface area contributed by atoms with Gasteiger partial charge in [-0.1, -0.05) is 12.1 Å². The number of carbonyl (C=O) groups excluding carboxylic acids is 3. The number of para-hydroxylation sites is 1. The predicted molar refractivity (Wildman–Crippen MR) is 91.4 cm³/mol. The first-order valence-corrected chi connectivity index (χ1v) is 8.17. The lowest BCUT2D eigenvalue weighted by molar-refractivity contribution is -0.121. The third-order valence-electron chi connectivity index (χ3n) is 4.08. The lowest BCUT2D eigenvalue weighted by Crippen LogP contribution is -2.40. The molecule has 0 saturated carbocycles. The van der Waals surface area contributed by atoms with Gasteiger partial charge in [0.2, 0.25) is 11.8 Å². The monoisotopic (exact) mass is 332 g/mol. The lowest BCUT2D eigenvalue weighted by Gasteiger charge is -2.27. The fourth-order valence-corrected chi connectivity index (χ4v) is 2.79. The number of piperidine rings is 1. The second-order valence-electron chi connectivity index (χ2n) is 6.08. The van der Waals surface area contributed by atoms with Crippen LogP contribution in [0.5, 0.6) is 0 Å². The number of anilines is 1. The van der Waals surface area contributed by atoms with Crippen molar-refractivity contribution in [3.63, 3.8) is 0 Å². The highest BCUT2D eigenvalue weighted by molar-refractivity contribution is 6.04. The van der Waals surface area contributed by atoms with Crippen LogP contribution in [0.3, 0.4) is 0 Å². The van der Waals surface area contributed by atoms with Crippen molar-refractivity contribution < 1.29 is 14.4 Å². The summed E-state index contributed by atoms with van der Waals surface area (Å²) in [6.07, 6.45) is 1.63. The van der Waals surface area contributed by atoms with E-state index in [0.717, 1.165) is 19.4 Å². The third-order valence-corrected chi connectivity index (χ3v) is 4.08. The van der Waals surface area contributed by atoms with Crippen LogP contribution in [-0.4, -0.2) is 36.9 Å². The van der Waals surface area contributed by atoms with Gasteiger partial charge in [0.1, 0.15) is 0 Å². The molecule has 1 aromatic rings. The molecule has 0 aliphatic carbocycles. The summed E-state index contributed by atoms with van der Waals surface area (Å²) in [5.74, 6) is -0.948. The average Bonchev–Trinajstić information content (AvgIpc) is 2.55. The number of hydrogen-bond donors (Lipinski definition) is 4. The molecule has 2 rings (SSSR count). The summed E-state index contributed by atoms with van der Waals surface area (Å²) in [7, 11) is 0. The molecule has 7 heteroatoms. The second kappa shape index (κ2) is 8.44. The number of amides is 3. The molecule has 0 aromatic heterocycles. The Balaban J connectivity index is 2.01. The van der Waals surface area contributed by atoms with E-state index in [1.165, 1.54) is 0 Å². The van der Waals surface area contributed by atoms with Crippen LogP contribution in [0.15, 0.2) is 24.3 Å². The van der Waals surface area contributed by atoms with Crippen molar-refractivity contribution in [1.29, 1.82) is 0 Å². The maximum absolute atomic E-state index is 12.5. The van der Waals surface area contributed by atoms with E-state index in [0.29, 0.717) is 17.3 Å². The van der Waals surface area contributed by atoms with Crippen LogP contribution in [0, 0.1) is 5.92 Å². The minimum Gasteiger partial charge on any atom is -0.370 e. The van der Waals surface area contributed by atoms with E-state index in [4.69, 9.17) is 5.73 Å². The van der Waals surface area contributed by atoms with E-state index < -0.39 is 5.91 Å². The van der Waals surface area contributed by atoms with Crippen molar-refractivity contribution in [2.75, 3.05) is 18.4 Å². The molecular formula is C17H24N4O3. The lowest BCUT2D eigenvalue weighted by atomic mass is 9.92. The van der Waals surface area contributed by atoms with E-state index in [9.17, 15) is 14.4 Å². The SMILES string of the molecule is C[C@H]1C[C@@H](C(=O)Nc2ccccc2C(=O)NCCC(N)=O)CCN1. The van der Waals surface area contributed by atoms with Crippen molar-refractivity contribution >= 4 is 23.4 Å². The van der Waals surface area contributed by atoms with Crippen LogP contribution in [0.25, 0.3) is 0 Å². The second-order valence-corrected chi connectivity index (χ2v) is 6.08. The highest BCUT2D eigenvalue weighted by atomic mass is 16.2. The Morgan fingerprint density at radius 3 is 2.75 bits per heavy atom. The third kappa shape index (κ3) is 5.06. The van der Waals surface area contributed by atoms with Crippen LogP contribution in [-0.2, 0) is 9.59 Å². The number of benzene rings is 1. The highest BCUT2D eigenvalue weighted by Crippen LogP contribution is 2.21. The number of rotatable bonds is 6. The van der Waals surface area contributed by atoms with Crippen molar-refractivity contribution in [2.45, 2.75) is 32.2 Å². The Morgan fingerprint density at radius 1 is 1.29 bits per heavy atom. The van der Waals surface area contributed by atoms with Gasteiger partial charge >= 0.3 is 0 Å². The van der Waals surface area contributed by atoms with E-state index in [1.54, 1.807) is 24.3 Å². The highest BCUT2D eigenvalue weighted by Gasteiger charge is 2.25. The normalized spacial score (nSPS) is 20.2. The van der Waals surface area contributed by atoms with Crippen molar-refractivity contribution in [2.24, 2.45) is 11.7 Å². The zero-order valence-electron chi connectivity index (χ0n) is 13.8. The molecule has 2 atom stereocenters. The fourth-order valence-electron chi connectivity index (χ4n) is 2.79. The first-order chi connectivity index (χ1) is 11.5. The number of primary amides is 1. The van der Waals surface area contributed by atoms with Crippen LogP contribution < -0.4 is 21.7 Å². The minimum atomic E-state index is -0.475. The minimum absolute atomic E-state index is 0.0628. The largest absolute Gasteiger partial charge is 0.370 e. The maximum atomic E-state index is 12.5. The molecule has 3 amide bonds. The Hall–Kier alpha value is -2.41. The molecular weight excluding hydrogens is 308 g/mol. The van der Waals surface area contributed by atoms with Gasteiger partial charge in [0.15, 0.2) is 0 Å². The van der Waals surface area contributed by atoms with E-state index in [2.05, 4.69) is 22.9 Å². The maximum Gasteiger partial charge on any atom is 0.253 e. The van der Waals surface area contributed by atoms with Crippen molar-refractivity contribution in [1.82, 2.24) is 10.6 Å².